The van der Waals surface area contributed by atoms with Crippen molar-refractivity contribution < 1.29 is 25.8 Å². The Hall–Kier alpha value is -0.697. The van der Waals surface area contributed by atoms with Crippen molar-refractivity contribution in [1.29, 1.82) is 0 Å². The fourth-order valence-electron chi connectivity index (χ4n) is 1.86. The van der Waals surface area contributed by atoms with Crippen LogP contribution in [0.3, 0.4) is 0 Å². The molecule has 0 N–H and O–H groups in total. The van der Waals surface area contributed by atoms with Gasteiger partial charge in [0, 0.05) is 0 Å². The van der Waals surface area contributed by atoms with E-state index in [1.165, 1.54) is 16.3 Å². The molecule has 0 radical (unpaired) electrons. The van der Waals surface area contributed by atoms with Crippen molar-refractivity contribution in [3.63, 3.8) is 0 Å². The second-order valence-corrected chi connectivity index (χ2v) is 4.94. The summed E-state index contributed by atoms with van der Waals surface area (Å²) < 4.78 is 11.2. The Morgan fingerprint density at radius 1 is 1.05 bits per heavy atom. The molecule has 0 unspecified atom stereocenters. The van der Waals surface area contributed by atoms with Crippen LogP contribution in [0.1, 0.15) is 25.0 Å². The van der Waals surface area contributed by atoms with Crippen molar-refractivity contribution in [2.24, 2.45) is 0 Å². The van der Waals surface area contributed by atoms with Gasteiger partial charge in [0.05, 0.1) is 19.3 Å². The average molecular weight is 401 g/mol. The molecule has 21 heavy (non-hydrogen) atoms. The zero-order valence-corrected chi connectivity index (χ0v) is 17.3. The Morgan fingerprint density at radius 2 is 1.62 bits per heavy atom. The van der Waals surface area contributed by atoms with E-state index >= 15 is 0 Å². The molecule has 108 valence electrons. The van der Waals surface area contributed by atoms with E-state index in [1.807, 2.05) is 48.5 Å². The Balaban J connectivity index is 0.00000106. The molecule has 0 aliphatic rings. The van der Waals surface area contributed by atoms with Gasteiger partial charge in [-0.05, 0) is 31.5 Å². The van der Waals surface area contributed by atoms with Crippen LogP contribution in [0.5, 0.6) is 5.75 Å². The zero-order chi connectivity index (χ0) is 15.7. The van der Waals surface area contributed by atoms with E-state index in [-0.39, 0.29) is 5.60 Å². The first-order valence-electron chi connectivity index (χ1n) is 6.62. The summed E-state index contributed by atoms with van der Waals surface area (Å²) in [5.74, 6) is 0.863. The van der Waals surface area contributed by atoms with Gasteiger partial charge in [-0.25, -0.2) is 0 Å². The maximum absolute atomic E-state index is 6.02. The van der Waals surface area contributed by atoms with E-state index < -0.39 is 0 Å². The molecular formula is C17H19BrO2Zn. The van der Waals surface area contributed by atoms with Crippen molar-refractivity contribution in [3.8, 4) is 5.75 Å². The summed E-state index contributed by atoms with van der Waals surface area (Å²) in [7, 11) is 1.67. The minimum atomic E-state index is -0.310. The van der Waals surface area contributed by atoms with Crippen molar-refractivity contribution in [3.05, 3.63) is 65.7 Å². The van der Waals surface area contributed by atoms with Gasteiger partial charge in [0.2, 0.25) is 0 Å². The zero-order valence-electron chi connectivity index (χ0n) is 12.7. The predicted octanol–water partition coefficient (Wildman–Crippen LogP) is 4.79. The van der Waals surface area contributed by atoms with E-state index in [1.54, 1.807) is 7.11 Å². The Bertz CT molecular complexity index is 512. The van der Waals surface area contributed by atoms with Gasteiger partial charge in [0.1, 0.15) is 5.75 Å². The van der Waals surface area contributed by atoms with Gasteiger partial charge in [-0.1, -0.05) is 12.1 Å². The van der Waals surface area contributed by atoms with Crippen molar-refractivity contribution in [2.75, 3.05) is 7.11 Å². The molecule has 0 saturated carbocycles. The summed E-state index contributed by atoms with van der Waals surface area (Å²) in [6.07, 6.45) is 0. The van der Waals surface area contributed by atoms with Gasteiger partial charge in [-0.2, -0.15) is 30.3 Å². The van der Waals surface area contributed by atoms with Gasteiger partial charge in [0.25, 0.3) is 0 Å². The third-order valence-corrected chi connectivity index (χ3v) is 3.17. The number of rotatable bonds is 5. The van der Waals surface area contributed by atoms with Gasteiger partial charge < -0.3 is 9.47 Å². The molecule has 0 aromatic heterocycles. The first kappa shape index (κ1) is 18.4. The molecule has 4 heteroatoms. The van der Waals surface area contributed by atoms with Gasteiger partial charge in [-0.15, -0.1) is 5.56 Å². The number of hydrogen-bond acceptors (Lipinski definition) is 2. The second-order valence-electron chi connectivity index (χ2n) is 4.94. The molecule has 0 fully saturated rings. The molecule has 0 spiro atoms. The average Bonchev–Trinajstić information content (AvgIpc) is 2.56. The van der Waals surface area contributed by atoms with Crippen LogP contribution in [0.15, 0.2) is 48.5 Å². The molecule has 2 nitrogen and oxygen atoms in total. The number of methoxy groups -OCH3 is 1. The minimum absolute atomic E-state index is 0.310. The summed E-state index contributed by atoms with van der Waals surface area (Å²) >= 11 is 4.25. The van der Waals surface area contributed by atoms with Crippen molar-refractivity contribution in [2.45, 2.75) is 26.1 Å². The third kappa shape index (κ3) is 5.90. The first-order chi connectivity index (χ1) is 10.1. The van der Waals surface area contributed by atoms with E-state index in [9.17, 15) is 0 Å². The molecule has 0 atom stereocenters. The number of benzene rings is 2. The monoisotopic (exact) mass is 398 g/mol. The van der Waals surface area contributed by atoms with Crippen LogP contribution in [0.2, 0.25) is 0 Å². The fourth-order valence-corrected chi connectivity index (χ4v) is 1.86. The van der Waals surface area contributed by atoms with Crippen LogP contribution in [0.4, 0.5) is 0 Å². The summed E-state index contributed by atoms with van der Waals surface area (Å²) in [5, 5.41) is 0. The molecule has 0 amide bonds. The quantitative estimate of drug-likeness (QED) is 0.531. The molecular weight excluding hydrogens is 381 g/mol. The van der Waals surface area contributed by atoms with E-state index in [0.29, 0.717) is 6.61 Å². The predicted molar refractivity (Wildman–Crippen MR) is 85.0 cm³/mol. The normalized spacial score (nSPS) is 10.6. The van der Waals surface area contributed by atoms with Gasteiger partial charge in [-0.3, -0.25) is 0 Å². The molecule has 0 bridgehead atoms. The summed E-state index contributed by atoms with van der Waals surface area (Å²) in [4.78, 5) is 0. The second kappa shape index (κ2) is 9.35. The number of hydrogen-bond donors (Lipinski definition) is 0. The van der Waals surface area contributed by atoms with Crippen LogP contribution in [0, 0.1) is 6.07 Å². The SMILES string of the molecule is COc1ccc(COC(C)(C)c2cc[c-]cc2)cc1.[Zn+][Br]. The van der Waals surface area contributed by atoms with Crippen LogP contribution >= 0.6 is 13.6 Å². The van der Waals surface area contributed by atoms with Crippen LogP contribution in [-0.2, 0) is 33.3 Å². The van der Waals surface area contributed by atoms with Crippen molar-refractivity contribution >= 4 is 13.6 Å². The Labute approximate surface area is 143 Å². The first-order valence-corrected chi connectivity index (χ1v) is 13.6. The van der Waals surface area contributed by atoms with Crippen LogP contribution < -0.4 is 4.74 Å². The molecule has 2 rings (SSSR count). The number of halogens is 1. The molecule has 2 aromatic rings. The third-order valence-electron chi connectivity index (χ3n) is 3.17. The molecule has 0 aliphatic carbocycles. The van der Waals surface area contributed by atoms with Crippen LogP contribution in [-0.4, -0.2) is 7.11 Å². The standard InChI is InChI=1S/C17H19O2.BrH.Zn/c1-17(2,15-7-5-4-6-8-15)19-13-14-9-11-16(18-3)12-10-14;;/h5-12H,13H2,1-3H3;1H;/q-1;;+2/p-1. The Kier molecular flexibility index (Phi) is 8.17. The molecule has 2 aromatic carbocycles. The molecule has 0 aliphatic heterocycles. The van der Waals surface area contributed by atoms with Crippen molar-refractivity contribution in [1.82, 2.24) is 0 Å². The topological polar surface area (TPSA) is 18.5 Å². The molecule has 0 heterocycles. The van der Waals surface area contributed by atoms with Gasteiger partial charge >= 0.3 is 30.0 Å². The van der Waals surface area contributed by atoms with Crippen LogP contribution in [0.25, 0.3) is 0 Å². The van der Waals surface area contributed by atoms with E-state index in [0.717, 1.165) is 16.9 Å². The summed E-state index contributed by atoms with van der Waals surface area (Å²) in [5.41, 5.74) is 1.98. The van der Waals surface area contributed by atoms with Gasteiger partial charge in [0.15, 0.2) is 0 Å². The number of ether oxygens (including phenoxy) is 2. The summed E-state index contributed by atoms with van der Waals surface area (Å²) in [6, 6.07) is 18.9. The Morgan fingerprint density at radius 3 is 2.14 bits per heavy atom. The van der Waals surface area contributed by atoms with E-state index in [4.69, 9.17) is 9.47 Å². The molecule has 0 saturated heterocycles. The van der Waals surface area contributed by atoms with E-state index in [2.05, 4.69) is 33.5 Å². The fraction of sp³-hybridized carbons (Fsp3) is 0.294. The maximum atomic E-state index is 6.02. The summed E-state index contributed by atoms with van der Waals surface area (Å²) in [6.45, 7) is 4.73.